The van der Waals surface area contributed by atoms with E-state index in [2.05, 4.69) is 19.1 Å². The second-order valence-corrected chi connectivity index (χ2v) is 5.15. The Labute approximate surface area is 139 Å². The number of carbonyl (C=O) groups is 1. The third-order valence-corrected chi connectivity index (χ3v) is 3.03. The van der Waals surface area contributed by atoms with Gasteiger partial charge in [-0.2, -0.15) is 0 Å². The highest BCUT2D eigenvalue weighted by atomic mass is 16.4. The zero-order valence-electron chi connectivity index (χ0n) is 15.8. The zero-order chi connectivity index (χ0) is 18.0. The van der Waals surface area contributed by atoms with Crippen LogP contribution in [0.5, 0.6) is 0 Å². The van der Waals surface area contributed by atoms with E-state index in [1.165, 1.54) is 0 Å². The molecule has 0 saturated heterocycles. The number of aliphatic carboxylic acids is 1. The summed E-state index contributed by atoms with van der Waals surface area (Å²) in [5, 5.41) is 8.50. The van der Waals surface area contributed by atoms with Crippen molar-refractivity contribution < 1.29 is 12.6 Å². The van der Waals surface area contributed by atoms with Crippen molar-refractivity contribution in [2.75, 3.05) is 0 Å². The van der Waals surface area contributed by atoms with E-state index in [0.717, 1.165) is 44.9 Å². The van der Waals surface area contributed by atoms with Gasteiger partial charge < -0.3 is 5.11 Å². The number of hydrogen-bond acceptors (Lipinski definition) is 1. The average Bonchev–Trinajstić information content (AvgIpc) is 2.52. The van der Waals surface area contributed by atoms with Crippen LogP contribution in [0.2, 0.25) is 0 Å². The minimum Gasteiger partial charge on any atom is -0.481 e. The van der Waals surface area contributed by atoms with Gasteiger partial charge in [-0.05, 0) is 44.9 Å². The fraction of sp³-hybridized carbons (Fsp3) is 0.550. The van der Waals surface area contributed by atoms with Crippen molar-refractivity contribution in [2.24, 2.45) is 0 Å². The fourth-order valence-electron chi connectivity index (χ4n) is 1.78. The summed E-state index contributed by atoms with van der Waals surface area (Å²) in [7, 11) is 0. The topological polar surface area (TPSA) is 37.3 Å². The summed E-state index contributed by atoms with van der Waals surface area (Å²) < 4.78 is 15.7. The second-order valence-electron chi connectivity index (χ2n) is 5.15. The fourth-order valence-corrected chi connectivity index (χ4v) is 1.78. The molecule has 0 saturated carbocycles. The first-order valence-corrected chi connectivity index (χ1v) is 8.34. The molecule has 0 bridgehead atoms. The molecule has 0 amide bonds. The van der Waals surface area contributed by atoms with Crippen LogP contribution in [0.4, 0.5) is 0 Å². The molecule has 0 aliphatic rings. The molecule has 22 heavy (non-hydrogen) atoms. The molecular formula is C20H32O2. The predicted molar refractivity (Wildman–Crippen MR) is 96.0 cm³/mol. The third-order valence-electron chi connectivity index (χ3n) is 3.03. The van der Waals surface area contributed by atoms with E-state index in [-0.39, 0.29) is 6.42 Å². The molecule has 124 valence electrons. The molecule has 0 aromatic carbocycles. The first-order chi connectivity index (χ1) is 11.6. The molecule has 2 nitrogen and oxygen atoms in total. The Morgan fingerprint density at radius 2 is 1.64 bits per heavy atom. The summed E-state index contributed by atoms with van der Waals surface area (Å²) in [5.41, 5.74) is 0. The number of carboxylic acids is 1. The summed E-state index contributed by atoms with van der Waals surface area (Å²) >= 11 is 0. The van der Waals surface area contributed by atoms with Gasteiger partial charge in [-0.15, -0.1) is 0 Å². The number of allylic oxidation sites excluding steroid dienone is 8. The van der Waals surface area contributed by atoms with Crippen LogP contribution >= 0.6 is 0 Å². The summed E-state index contributed by atoms with van der Waals surface area (Å²) in [4.78, 5) is 10.3. The van der Waals surface area contributed by atoms with Gasteiger partial charge in [-0.3, -0.25) is 4.79 Å². The highest BCUT2D eigenvalue weighted by Gasteiger charge is 1.92. The Morgan fingerprint density at radius 1 is 0.955 bits per heavy atom. The molecule has 0 rings (SSSR count). The van der Waals surface area contributed by atoms with Gasteiger partial charge in [-0.25, -0.2) is 0 Å². The van der Waals surface area contributed by atoms with Gasteiger partial charge in [0.2, 0.25) is 0 Å². The Bertz CT molecular complexity index is 437. The van der Waals surface area contributed by atoms with E-state index in [4.69, 9.17) is 7.85 Å². The van der Waals surface area contributed by atoms with Crippen molar-refractivity contribution in [1.82, 2.24) is 0 Å². The summed E-state index contributed by atoms with van der Waals surface area (Å²) in [5.74, 6) is -0.740. The van der Waals surface area contributed by atoms with Gasteiger partial charge in [0.15, 0.2) is 0 Å². The highest BCUT2D eigenvalue weighted by molar-refractivity contribution is 5.66. The first kappa shape index (κ1) is 16.8. The highest BCUT2D eigenvalue weighted by Crippen LogP contribution is 2.01. The van der Waals surface area contributed by atoms with E-state index < -0.39 is 12.4 Å². The molecule has 0 fully saturated rings. The Morgan fingerprint density at radius 3 is 2.32 bits per heavy atom. The lowest BCUT2D eigenvalue weighted by atomic mass is 10.2. The van der Waals surface area contributed by atoms with Crippen molar-refractivity contribution in [2.45, 2.75) is 71.1 Å². The first-order valence-electron chi connectivity index (χ1n) is 9.42. The second kappa shape index (κ2) is 17.5. The molecule has 0 heterocycles. The van der Waals surface area contributed by atoms with E-state index >= 15 is 0 Å². The van der Waals surface area contributed by atoms with E-state index in [9.17, 15) is 4.79 Å². The lowest BCUT2D eigenvalue weighted by Crippen LogP contribution is -1.92. The van der Waals surface area contributed by atoms with Crippen molar-refractivity contribution >= 4 is 5.97 Å². The largest absolute Gasteiger partial charge is 0.481 e. The molecule has 0 aromatic heterocycles. The standard InChI is InChI=1S/C20H32O2/c1-2-3-4-5-6-7-8-9-10-11-12-13-14-15-16-17-18-19-20(21)22/h6-7,9-10,12-13,15-16H,2-5,8,11,14,17-19H2,1H3,(H,21,22)/b7-6-,10-9-,13-12-,16-15-/i6D,8D/t8-/m0/s1. The Kier molecular flexibility index (Phi) is 13.3. The summed E-state index contributed by atoms with van der Waals surface area (Å²) in [6, 6.07) is 0.566. The number of carboxylic acid groups (broad SMARTS) is 1. The molecule has 1 N–H and O–H groups in total. The molecule has 0 radical (unpaired) electrons. The molecule has 0 aromatic rings. The van der Waals surface area contributed by atoms with Crippen LogP contribution in [-0.2, 0) is 4.79 Å². The van der Waals surface area contributed by atoms with Crippen LogP contribution in [0.25, 0.3) is 0 Å². The van der Waals surface area contributed by atoms with Crippen molar-refractivity contribution in [3.05, 3.63) is 48.6 Å². The number of hydrogen-bond donors (Lipinski definition) is 1. The van der Waals surface area contributed by atoms with Crippen LogP contribution < -0.4 is 0 Å². The maximum absolute atomic E-state index is 10.3. The predicted octanol–water partition coefficient (Wildman–Crippen LogP) is 6.22. The maximum Gasteiger partial charge on any atom is 0.303 e. The van der Waals surface area contributed by atoms with Crippen LogP contribution in [0.1, 0.15) is 73.8 Å². The van der Waals surface area contributed by atoms with Crippen molar-refractivity contribution in [3.8, 4) is 0 Å². The van der Waals surface area contributed by atoms with Crippen LogP contribution in [0.3, 0.4) is 0 Å². The van der Waals surface area contributed by atoms with Gasteiger partial charge in [0.1, 0.15) is 0 Å². The summed E-state index contributed by atoms with van der Waals surface area (Å²) in [6.07, 6.45) is 20.7. The molecule has 1 atom stereocenters. The number of unbranched alkanes of at least 4 members (excludes halogenated alkanes) is 3. The van der Waals surface area contributed by atoms with Crippen molar-refractivity contribution in [3.63, 3.8) is 0 Å². The third kappa shape index (κ3) is 18.4. The molecule has 0 unspecified atom stereocenters. The van der Waals surface area contributed by atoms with Gasteiger partial charge in [0.25, 0.3) is 0 Å². The van der Waals surface area contributed by atoms with E-state index in [1.807, 2.05) is 24.3 Å². The normalized spacial score (nSPS) is 15.6. The molecule has 0 aliphatic heterocycles. The van der Waals surface area contributed by atoms with Crippen LogP contribution in [0.15, 0.2) is 48.6 Å². The molecule has 2 heteroatoms. The lowest BCUT2D eigenvalue weighted by molar-refractivity contribution is -0.137. The molecule has 0 aliphatic carbocycles. The quantitative estimate of drug-likeness (QED) is 0.306. The molecule has 0 spiro atoms. The maximum atomic E-state index is 10.3. The number of rotatable bonds is 14. The van der Waals surface area contributed by atoms with E-state index in [0.29, 0.717) is 12.5 Å². The lowest BCUT2D eigenvalue weighted by Gasteiger charge is -1.90. The van der Waals surface area contributed by atoms with E-state index in [1.54, 1.807) is 6.08 Å². The van der Waals surface area contributed by atoms with Gasteiger partial charge in [0, 0.05) is 7.79 Å². The monoisotopic (exact) mass is 306 g/mol. The average molecular weight is 306 g/mol. The van der Waals surface area contributed by atoms with Crippen LogP contribution in [0, 0.1) is 0 Å². The zero-order valence-corrected chi connectivity index (χ0v) is 13.8. The summed E-state index contributed by atoms with van der Waals surface area (Å²) in [6.45, 7) is 2.14. The van der Waals surface area contributed by atoms with Gasteiger partial charge in [-0.1, -0.05) is 68.3 Å². The molecular weight excluding hydrogens is 272 g/mol. The Hall–Kier alpha value is -1.57. The Balaban J connectivity index is 3.77. The van der Waals surface area contributed by atoms with Crippen molar-refractivity contribution in [1.29, 1.82) is 0 Å². The smallest absolute Gasteiger partial charge is 0.303 e. The SMILES string of the molecule is [2H]/C(=C/[C@H]([2H])/C=C\C/C=C\C/C=C\CCCC(=O)O)CCCCC. The minimum atomic E-state index is -0.740. The van der Waals surface area contributed by atoms with Gasteiger partial charge >= 0.3 is 5.97 Å². The minimum absolute atomic E-state index is 0.229. The van der Waals surface area contributed by atoms with Crippen LogP contribution in [-0.4, -0.2) is 11.1 Å². The van der Waals surface area contributed by atoms with Gasteiger partial charge in [0.05, 0.1) is 1.37 Å².